The largest absolute Gasteiger partial charge is 0.339 e. The molecule has 3 N–H and O–H groups in total. The first kappa shape index (κ1) is 17.0. The second kappa shape index (κ2) is 6.09. The fourth-order valence-electron chi connectivity index (χ4n) is 4.28. The number of imide groups is 1. The fourth-order valence-corrected chi connectivity index (χ4v) is 4.28. The van der Waals surface area contributed by atoms with E-state index in [4.69, 9.17) is 0 Å². The number of rotatable bonds is 2. The van der Waals surface area contributed by atoms with Crippen LogP contribution in [-0.4, -0.2) is 48.9 Å². The Morgan fingerprint density at radius 2 is 1.77 bits per heavy atom. The van der Waals surface area contributed by atoms with Crippen molar-refractivity contribution in [3.63, 3.8) is 0 Å². The average Bonchev–Trinajstić information content (AvgIpc) is 3.20. The van der Waals surface area contributed by atoms with Crippen molar-refractivity contribution in [3.8, 4) is 0 Å². The van der Waals surface area contributed by atoms with E-state index in [2.05, 4.69) is 16.0 Å². The number of piperidine rings is 1. The number of amides is 4. The van der Waals surface area contributed by atoms with Gasteiger partial charge in [-0.2, -0.15) is 0 Å². The number of hydrogen-bond donors (Lipinski definition) is 3. The summed E-state index contributed by atoms with van der Waals surface area (Å²) in [6, 6.07) is 6.46. The predicted octanol–water partition coefficient (Wildman–Crippen LogP) is 0.957. The van der Waals surface area contributed by atoms with Crippen LogP contribution in [0.1, 0.15) is 42.1 Å². The van der Waals surface area contributed by atoms with E-state index >= 15 is 0 Å². The van der Waals surface area contributed by atoms with Gasteiger partial charge in [0.05, 0.1) is 0 Å². The molecule has 1 aromatic rings. The molecule has 0 radical (unpaired) electrons. The Morgan fingerprint density at radius 1 is 1.08 bits per heavy atom. The standard InChI is InChI=1S/C19H24N4O3/c1-18(16(25)21-17(26)22-18)14-4-2-13(3-5-14)15(24)23-10-7-19(8-11-23)6-9-20-12-19/h2-5,20H,6-12H2,1H3,(H2,21,22,25,26). The zero-order valence-electron chi connectivity index (χ0n) is 14.9. The molecule has 3 saturated heterocycles. The van der Waals surface area contributed by atoms with Crippen LogP contribution >= 0.6 is 0 Å². The maximum absolute atomic E-state index is 12.8. The van der Waals surface area contributed by atoms with Crippen LogP contribution in [0.2, 0.25) is 0 Å². The van der Waals surface area contributed by atoms with Crippen molar-refractivity contribution in [1.82, 2.24) is 20.9 Å². The molecule has 4 rings (SSSR count). The summed E-state index contributed by atoms with van der Waals surface area (Å²) in [5.41, 5.74) is 0.559. The number of carbonyl (C=O) groups is 3. The van der Waals surface area contributed by atoms with E-state index in [-0.39, 0.29) is 11.8 Å². The lowest BCUT2D eigenvalue weighted by atomic mass is 9.78. The van der Waals surface area contributed by atoms with Crippen LogP contribution in [0.4, 0.5) is 4.79 Å². The number of nitrogens with zero attached hydrogens (tertiary/aromatic N) is 1. The van der Waals surface area contributed by atoms with Crippen molar-refractivity contribution >= 4 is 17.8 Å². The number of carbonyl (C=O) groups excluding carboxylic acids is 3. The van der Waals surface area contributed by atoms with Gasteiger partial charge in [-0.25, -0.2) is 4.79 Å². The normalized spacial score (nSPS) is 27.5. The molecule has 1 aromatic carbocycles. The van der Waals surface area contributed by atoms with Crippen LogP contribution in [0.5, 0.6) is 0 Å². The Morgan fingerprint density at radius 3 is 2.31 bits per heavy atom. The maximum atomic E-state index is 12.8. The highest BCUT2D eigenvalue weighted by Gasteiger charge is 2.43. The number of urea groups is 1. The minimum Gasteiger partial charge on any atom is -0.339 e. The van der Waals surface area contributed by atoms with E-state index in [0.717, 1.165) is 39.0 Å². The molecule has 3 aliphatic rings. The number of likely N-dealkylation sites (tertiary alicyclic amines) is 1. The fraction of sp³-hybridized carbons (Fsp3) is 0.526. The summed E-state index contributed by atoms with van der Waals surface area (Å²) in [4.78, 5) is 38.2. The zero-order valence-corrected chi connectivity index (χ0v) is 14.9. The number of benzene rings is 1. The van der Waals surface area contributed by atoms with E-state index in [1.165, 1.54) is 6.42 Å². The molecule has 0 bridgehead atoms. The van der Waals surface area contributed by atoms with Gasteiger partial charge in [-0.1, -0.05) is 12.1 Å². The Bertz CT molecular complexity index is 745. The summed E-state index contributed by atoms with van der Waals surface area (Å²) >= 11 is 0. The maximum Gasteiger partial charge on any atom is 0.322 e. The predicted molar refractivity (Wildman–Crippen MR) is 95.5 cm³/mol. The lowest BCUT2D eigenvalue weighted by Gasteiger charge is -2.39. The SMILES string of the molecule is CC1(c2ccc(C(=O)N3CCC4(CCNC4)CC3)cc2)NC(=O)NC1=O. The molecule has 0 saturated carbocycles. The molecule has 4 amide bonds. The molecule has 0 aliphatic carbocycles. The summed E-state index contributed by atoms with van der Waals surface area (Å²) < 4.78 is 0. The molecular weight excluding hydrogens is 332 g/mol. The monoisotopic (exact) mass is 356 g/mol. The summed E-state index contributed by atoms with van der Waals surface area (Å²) in [7, 11) is 0. The van der Waals surface area contributed by atoms with Crippen LogP contribution in [0.25, 0.3) is 0 Å². The van der Waals surface area contributed by atoms with Gasteiger partial charge >= 0.3 is 6.03 Å². The van der Waals surface area contributed by atoms with E-state index in [1.54, 1.807) is 31.2 Å². The van der Waals surface area contributed by atoms with Crippen molar-refractivity contribution in [3.05, 3.63) is 35.4 Å². The van der Waals surface area contributed by atoms with Gasteiger partial charge in [-0.3, -0.25) is 14.9 Å². The van der Waals surface area contributed by atoms with Gasteiger partial charge in [0.1, 0.15) is 5.54 Å². The molecule has 26 heavy (non-hydrogen) atoms. The molecule has 0 aromatic heterocycles. The van der Waals surface area contributed by atoms with Gasteiger partial charge in [0.2, 0.25) is 0 Å². The molecular formula is C19H24N4O3. The first-order valence-electron chi connectivity index (χ1n) is 9.16. The number of nitrogens with one attached hydrogen (secondary N) is 3. The lowest BCUT2D eigenvalue weighted by Crippen LogP contribution is -2.44. The van der Waals surface area contributed by atoms with E-state index < -0.39 is 11.6 Å². The van der Waals surface area contributed by atoms with Crippen LogP contribution in [-0.2, 0) is 10.3 Å². The highest BCUT2D eigenvalue weighted by Crippen LogP contribution is 2.37. The van der Waals surface area contributed by atoms with E-state index in [0.29, 0.717) is 16.5 Å². The summed E-state index contributed by atoms with van der Waals surface area (Å²) in [6.07, 6.45) is 3.30. The van der Waals surface area contributed by atoms with E-state index in [1.807, 2.05) is 4.90 Å². The highest BCUT2D eigenvalue weighted by atomic mass is 16.2. The van der Waals surface area contributed by atoms with Gasteiger partial charge in [0.15, 0.2) is 0 Å². The van der Waals surface area contributed by atoms with Crippen molar-refractivity contribution in [2.75, 3.05) is 26.2 Å². The van der Waals surface area contributed by atoms with Gasteiger partial charge in [0, 0.05) is 25.2 Å². The highest BCUT2D eigenvalue weighted by molar-refractivity contribution is 6.07. The van der Waals surface area contributed by atoms with Crippen molar-refractivity contribution in [2.24, 2.45) is 5.41 Å². The molecule has 7 heteroatoms. The second-order valence-corrected chi connectivity index (χ2v) is 7.83. The Labute approximate surface area is 152 Å². The molecule has 1 atom stereocenters. The second-order valence-electron chi connectivity index (χ2n) is 7.83. The average molecular weight is 356 g/mol. The first-order chi connectivity index (χ1) is 12.4. The van der Waals surface area contributed by atoms with Gasteiger partial charge in [-0.05, 0) is 55.8 Å². The van der Waals surface area contributed by atoms with Crippen LogP contribution in [0.3, 0.4) is 0 Å². The molecule has 3 heterocycles. The lowest BCUT2D eigenvalue weighted by molar-refractivity contribution is -0.123. The summed E-state index contributed by atoms with van der Waals surface area (Å²) in [6.45, 7) is 5.38. The van der Waals surface area contributed by atoms with Gasteiger partial charge in [-0.15, -0.1) is 0 Å². The van der Waals surface area contributed by atoms with Crippen molar-refractivity contribution < 1.29 is 14.4 Å². The molecule has 138 valence electrons. The third-order valence-electron chi connectivity index (χ3n) is 6.20. The molecule has 1 unspecified atom stereocenters. The Balaban J connectivity index is 1.45. The van der Waals surface area contributed by atoms with E-state index in [9.17, 15) is 14.4 Å². The van der Waals surface area contributed by atoms with Crippen molar-refractivity contribution in [2.45, 2.75) is 31.7 Å². The molecule has 7 nitrogen and oxygen atoms in total. The first-order valence-corrected chi connectivity index (χ1v) is 9.16. The Kier molecular flexibility index (Phi) is 3.99. The summed E-state index contributed by atoms with van der Waals surface area (Å²) in [5.74, 6) is -0.351. The third kappa shape index (κ3) is 2.76. The van der Waals surface area contributed by atoms with Gasteiger partial charge in [0.25, 0.3) is 11.8 Å². The Hall–Kier alpha value is -2.41. The third-order valence-corrected chi connectivity index (χ3v) is 6.20. The minimum absolute atomic E-state index is 0.0300. The van der Waals surface area contributed by atoms with Crippen LogP contribution in [0.15, 0.2) is 24.3 Å². The molecule has 1 spiro atoms. The smallest absolute Gasteiger partial charge is 0.322 e. The van der Waals surface area contributed by atoms with Crippen molar-refractivity contribution in [1.29, 1.82) is 0 Å². The quantitative estimate of drug-likeness (QED) is 0.689. The van der Waals surface area contributed by atoms with Crippen LogP contribution < -0.4 is 16.0 Å². The molecule has 3 fully saturated rings. The van der Waals surface area contributed by atoms with Crippen LogP contribution in [0, 0.1) is 5.41 Å². The molecule has 3 aliphatic heterocycles. The minimum atomic E-state index is -1.09. The topological polar surface area (TPSA) is 90.5 Å². The summed E-state index contributed by atoms with van der Waals surface area (Å²) in [5, 5.41) is 8.32. The number of hydrogen-bond acceptors (Lipinski definition) is 4. The zero-order chi connectivity index (χ0) is 18.4. The van der Waals surface area contributed by atoms with Gasteiger partial charge < -0.3 is 15.5 Å².